The van der Waals surface area contributed by atoms with Crippen molar-refractivity contribution in [2.45, 2.75) is 13.0 Å². The average Bonchev–Trinajstić information content (AvgIpc) is 2.42. The number of nitrogens with one attached hydrogen (secondary N) is 1. The number of carbonyl (C=O) groups excluding carboxylic acids is 1. The van der Waals surface area contributed by atoms with Gasteiger partial charge in [-0.25, -0.2) is 0 Å². The van der Waals surface area contributed by atoms with Gasteiger partial charge in [-0.05, 0) is 29.8 Å². The second kappa shape index (κ2) is 5.97. The average molecular weight is 257 g/mol. The maximum Gasteiger partial charge on any atom is 0.230 e. The number of aromatic nitrogens is 1. The van der Waals surface area contributed by atoms with Crippen LogP contribution in [0.2, 0.25) is 0 Å². The zero-order chi connectivity index (χ0) is 13.7. The number of aliphatic hydroxyl groups is 1. The van der Waals surface area contributed by atoms with Gasteiger partial charge in [-0.2, -0.15) is 0 Å². The number of benzene rings is 1. The third-order valence-electron chi connectivity index (χ3n) is 2.61. The number of nitrogens with zero attached hydrogens (tertiary/aromatic N) is 1. The van der Waals surface area contributed by atoms with Crippen molar-refractivity contribution < 1.29 is 9.90 Å². The molecule has 1 amide bonds. The highest BCUT2D eigenvalue weighted by molar-refractivity contribution is 5.92. The number of hydrogen-bond acceptors (Lipinski definition) is 4. The number of nitrogen functional groups attached to an aromatic ring is 1. The normalized spacial score (nSPS) is 10.2. The minimum atomic E-state index is -0.144. The molecule has 2 rings (SSSR count). The SMILES string of the molecule is Nc1ccc(CC(=O)Nc2ccc(CO)cc2)nc1. The van der Waals surface area contributed by atoms with E-state index in [1.54, 1.807) is 36.4 Å². The van der Waals surface area contributed by atoms with E-state index in [1.165, 1.54) is 6.20 Å². The van der Waals surface area contributed by atoms with E-state index in [1.807, 2.05) is 0 Å². The summed E-state index contributed by atoms with van der Waals surface area (Å²) >= 11 is 0. The first-order chi connectivity index (χ1) is 9.17. The zero-order valence-corrected chi connectivity index (χ0v) is 10.3. The lowest BCUT2D eigenvalue weighted by Gasteiger charge is -2.05. The second-order valence-electron chi connectivity index (χ2n) is 4.16. The van der Waals surface area contributed by atoms with Gasteiger partial charge >= 0.3 is 0 Å². The third kappa shape index (κ3) is 3.79. The van der Waals surface area contributed by atoms with Crippen LogP contribution in [0, 0.1) is 0 Å². The molecule has 0 bridgehead atoms. The number of carbonyl (C=O) groups is 1. The van der Waals surface area contributed by atoms with Crippen LogP contribution in [0.3, 0.4) is 0 Å². The molecule has 0 aliphatic carbocycles. The van der Waals surface area contributed by atoms with Crippen LogP contribution in [0.1, 0.15) is 11.3 Å². The van der Waals surface area contributed by atoms with Crippen molar-refractivity contribution in [1.29, 1.82) is 0 Å². The molecule has 4 N–H and O–H groups in total. The molecule has 1 aromatic heterocycles. The summed E-state index contributed by atoms with van der Waals surface area (Å²) in [5, 5.41) is 11.7. The first-order valence-corrected chi connectivity index (χ1v) is 5.87. The molecule has 0 aliphatic heterocycles. The molecule has 5 nitrogen and oxygen atoms in total. The van der Waals surface area contributed by atoms with Crippen LogP contribution in [0.25, 0.3) is 0 Å². The fourth-order valence-corrected chi connectivity index (χ4v) is 1.60. The molecule has 0 atom stereocenters. The predicted octanol–water partition coefficient (Wildman–Crippen LogP) is 1.34. The van der Waals surface area contributed by atoms with E-state index in [0.717, 1.165) is 5.56 Å². The Kier molecular flexibility index (Phi) is 4.10. The molecule has 2 aromatic rings. The number of nitrogens with two attached hydrogens (primary N) is 1. The van der Waals surface area contributed by atoms with E-state index in [0.29, 0.717) is 17.1 Å². The van der Waals surface area contributed by atoms with Gasteiger partial charge in [-0.1, -0.05) is 12.1 Å². The number of pyridine rings is 1. The Balaban J connectivity index is 1.95. The quantitative estimate of drug-likeness (QED) is 0.771. The third-order valence-corrected chi connectivity index (χ3v) is 2.61. The molecule has 98 valence electrons. The van der Waals surface area contributed by atoms with Crippen molar-refractivity contribution in [2.75, 3.05) is 11.1 Å². The lowest BCUT2D eigenvalue weighted by Crippen LogP contribution is -2.15. The number of rotatable bonds is 4. The molecule has 1 aromatic carbocycles. The smallest absolute Gasteiger partial charge is 0.230 e. The maximum absolute atomic E-state index is 11.8. The molecule has 0 saturated heterocycles. The predicted molar refractivity (Wildman–Crippen MR) is 73.3 cm³/mol. The van der Waals surface area contributed by atoms with Crippen LogP contribution in [-0.4, -0.2) is 16.0 Å². The van der Waals surface area contributed by atoms with Crippen LogP contribution in [0.5, 0.6) is 0 Å². The second-order valence-corrected chi connectivity index (χ2v) is 4.16. The summed E-state index contributed by atoms with van der Waals surface area (Å²) in [7, 11) is 0. The Labute approximate surface area is 111 Å². The fourth-order valence-electron chi connectivity index (χ4n) is 1.60. The molecule has 5 heteroatoms. The number of aliphatic hydroxyl groups excluding tert-OH is 1. The summed E-state index contributed by atoms with van der Waals surface area (Å²) in [5.41, 5.74) is 8.26. The molecule has 0 saturated carbocycles. The van der Waals surface area contributed by atoms with Crippen LogP contribution in [0.15, 0.2) is 42.6 Å². The summed E-state index contributed by atoms with van der Waals surface area (Å²) < 4.78 is 0. The highest BCUT2D eigenvalue weighted by atomic mass is 16.3. The van der Waals surface area contributed by atoms with Crippen molar-refractivity contribution in [3.8, 4) is 0 Å². The van der Waals surface area contributed by atoms with E-state index < -0.39 is 0 Å². The fraction of sp³-hybridized carbons (Fsp3) is 0.143. The molecular weight excluding hydrogens is 242 g/mol. The first kappa shape index (κ1) is 13.0. The summed E-state index contributed by atoms with van der Waals surface area (Å²) in [6.45, 7) is -0.0103. The Bertz CT molecular complexity index is 550. The number of anilines is 2. The topological polar surface area (TPSA) is 88.2 Å². The van der Waals surface area contributed by atoms with Crippen molar-refractivity contribution >= 4 is 17.3 Å². The van der Waals surface area contributed by atoms with Crippen LogP contribution in [-0.2, 0) is 17.8 Å². The maximum atomic E-state index is 11.8. The highest BCUT2D eigenvalue weighted by Crippen LogP contribution is 2.10. The van der Waals surface area contributed by atoms with Gasteiger partial charge in [0.2, 0.25) is 5.91 Å². The van der Waals surface area contributed by atoms with Crippen molar-refractivity contribution in [3.63, 3.8) is 0 Å². The number of hydrogen-bond donors (Lipinski definition) is 3. The summed E-state index contributed by atoms with van der Waals surface area (Å²) in [5.74, 6) is -0.144. The molecule has 19 heavy (non-hydrogen) atoms. The van der Waals surface area contributed by atoms with Crippen LogP contribution < -0.4 is 11.1 Å². The van der Waals surface area contributed by atoms with Gasteiger partial charge in [0.15, 0.2) is 0 Å². The van der Waals surface area contributed by atoms with Gasteiger partial charge < -0.3 is 16.2 Å². The zero-order valence-electron chi connectivity index (χ0n) is 10.3. The van der Waals surface area contributed by atoms with Gasteiger partial charge in [-0.15, -0.1) is 0 Å². The van der Waals surface area contributed by atoms with Crippen molar-refractivity contribution in [1.82, 2.24) is 4.98 Å². The monoisotopic (exact) mass is 257 g/mol. The largest absolute Gasteiger partial charge is 0.397 e. The van der Waals surface area contributed by atoms with Crippen molar-refractivity contribution in [2.24, 2.45) is 0 Å². The molecular formula is C14H15N3O2. The van der Waals surface area contributed by atoms with Gasteiger partial charge in [0.1, 0.15) is 0 Å². The van der Waals surface area contributed by atoms with Crippen LogP contribution in [0.4, 0.5) is 11.4 Å². The number of amides is 1. The molecule has 0 radical (unpaired) electrons. The lowest BCUT2D eigenvalue weighted by molar-refractivity contribution is -0.115. The van der Waals surface area contributed by atoms with Gasteiger partial charge in [0.25, 0.3) is 0 Å². The molecule has 0 aliphatic rings. The van der Waals surface area contributed by atoms with Crippen molar-refractivity contribution in [3.05, 3.63) is 53.9 Å². The first-order valence-electron chi connectivity index (χ1n) is 5.87. The summed E-state index contributed by atoms with van der Waals surface area (Å²) in [4.78, 5) is 15.9. The Hall–Kier alpha value is -2.40. The van der Waals surface area contributed by atoms with E-state index >= 15 is 0 Å². The van der Waals surface area contributed by atoms with Crippen LogP contribution >= 0.6 is 0 Å². The Morgan fingerprint density at radius 3 is 2.53 bits per heavy atom. The van der Waals surface area contributed by atoms with Gasteiger partial charge in [0.05, 0.1) is 24.9 Å². The minimum Gasteiger partial charge on any atom is -0.397 e. The van der Waals surface area contributed by atoms with Gasteiger partial charge in [-0.3, -0.25) is 9.78 Å². The molecule has 1 heterocycles. The summed E-state index contributed by atoms with van der Waals surface area (Å²) in [6.07, 6.45) is 1.72. The minimum absolute atomic E-state index is 0.0103. The van der Waals surface area contributed by atoms with E-state index in [9.17, 15) is 4.79 Å². The molecule has 0 unspecified atom stereocenters. The van der Waals surface area contributed by atoms with E-state index in [2.05, 4.69) is 10.3 Å². The Morgan fingerprint density at radius 2 is 1.95 bits per heavy atom. The molecule has 0 spiro atoms. The lowest BCUT2D eigenvalue weighted by atomic mass is 10.2. The molecule has 0 fully saturated rings. The van der Waals surface area contributed by atoms with E-state index in [-0.39, 0.29) is 18.9 Å². The highest BCUT2D eigenvalue weighted by Gasteiger charge is 2.05. The van der Waals surface area contributed by atoms with E-state index in [4.69, 9.17) is 10.8 Å². The Morgan fingerprint density at radius 1 is 1.21 bits per heavy atom. The summed E-state index contributed by atoms with van der Waals surface area (Å²) in [6, 6.07) is 10.5. The van der Waals surface area contributed by atoms with Gasteiger partial charge in [0, 0.05) is 11.4 Å². The standard InChI is InChI=1S/C14H15N3O2/c15-11-3-6-13(16-8-11)7-14(19)17-12-4-1-10(9-18)2-5-12/h1-6,8,18H,7,9,15H2,(H,17,19).